The zero-order chi connectivity index (χ0) is 18.7. The number of amides is 1. The highest BCUT2D eigenvalue weighted by atomic mass is 16.5. The number of hydrogen-bond donors (Lipinski definition) is 1. The molecule has 0 saturated heterocycles. The van der Waals surface area contributed by atoms with Crippen LogP contribution in [0.4, 0.5) is 5.82 Å². The van der Waals surface area contributed by atoms with Gasteiger partial charge in [-0.15, -0.1) is 0 Å². The third-order valence-corrected chi connectivity index (χ3v) is 3.74. The smallest absolute Gasteiger partial charge is 0.343 e. The molecule has 1 amide bonds. The summed E-state index contributed by atoms with van der Waals surface area (Å²) in [5.74, 6) is -0.472. The third kappa shape index (κ3) is 3.32. The molecule has 7 heteroatoms. The van der Waals surface area contributed by atoms with Gasteiger partial charge in [0.05, 0.1) is 24.0 Å². The first-order chi connectivity index (χ1) is 12.5. The minimum absolute atomic E-state index is 0.0449. The number of fused-ring (bicyclic) bond motifs is 1. The van der Waals surface area contributed by atoms with Crippen LogP contribution in [0, 0.1) is 0 Å². The molecule has 0 atom stereocenters. The van der Waals surface area contributed by atoms with E-state index in [0.29, 0.717) is 22.4 Å². The molecule has 132 valence electrons. The van der Waals surface area contributed by atoms with Crippen LogP contribution in [0.25, 0.3) is 16.6 Å². The van der Waals surface area contributed by atoms with Crippen molar-refractivity contribution in [3.05, 3.63) is 64.6 Å². The van der Waals surface area contributed by atoms with Crippen molar-refractivity contribution in [3.8, 4) is 5.69 Å². The maximum Gasteiger partial charge on any atom is 0.343 e. The van der Waals surface area contributed by atoms with Crippen molar-refractivity contribution in [2.24, 2.45) is 0 Å². The number of carbonyl (C=O) groups is 2. The summed E-state index contributed by atoms with van der Waals surface area (Å²) in [6, 6.07) is 10.4. The molecule has 0 radical (unpaired) electrons. The lowest BCUT2D eigenvalue weighted by Crippen LogP contribution is -2.20. The van der Waals surface area contributed by atoms with E-state index in [1.54, 1.807) is 54.1 Å². The lowest BCUT2D eigenvalue weighted by Gasteiger charge is -2.13. The van der Waals surface area contributed by atoms with Crippen molar-refractivity contribution in [3.63, 3.8) is 0 Å². The minimum atomic E-state index is -0.667. The second-order valence-electron chi connectivity index (χ2n) is 5.56. The Hall–Kier alpha value is -3.48. The first-order valence-corrected chi connectivity index (χ1v) is 8.06. The quantitative estimate of drug-likeness (QED) is 0.730. The number of nitrogens with one attached hydrogen (secondary N) is 1. The molecule has 0 spiro atoms. The van der Waals surface area contributed by atoms with Crippen LogP contribution in [0.2, 0.25) is 0 Å². The first-order valence-electron chi connectivity index (χ1n) is 8.06. The zero-order valence-electron chi connectivity index (χ0n) is 14.4. The Labute approximate surface area is 149 Å². The third-order valence-electron chi connectivity index (χ3n) is 3.74. The van der Waals surface area contributed by atoms with Gasteiger partial charge in [-0.05, 0) is 31.2 Å². The average molecular weight is 351 g/mol. The topological polar surface area (TPSA) is 90.3 Å². The molecule has 26 heavy (non-hydrogen) atoms. The Morgan fingerprint density at radius 3 is 2.62 bits per heavy atom. The number of hydrogen-bond acceptors (Lipinski definition) is 5. The Balaban J connectivity index is 2.18. The summed E-state index contributed by atoms with van der Waals surface area (Å²) in [6.45, 7) is 3.26. The summed E-state index contributed by atoms with van der Waals surface area (Å²) in [6.07, 6.45) is 3.01. The van der Waals surface area contributed by atoms with E-state index in [0.717, 1.165) is 0 Å². The number of esters is 1. The molecule has 7 nitrogen and oxygen atoms in total. The maximum atomic E-state index is 12.6. The molecular formula is C19H17N3O4. The monoisotopic (exact) mass is 351 g/mol. The molecule has 3 rings (SSSR count). The predicted octanol–water partition coefficient (Wildman–Crippen LogP) is 2.52. The SMILES string of the molecule is CCOC(=O)c1cn(-c2ccc(NC(C)=O)nc2)c2ccccc2c1=O. The van der Waals surface area contributed by atoms with Crippen LogP contribution in [0.5, 0.6) is 0 Å². The van der Waals surface area contributed by atoms with Crippen LogP contribution in [0.15, 0.2) is 53.6 Å². The predicted molar refractivity (Wildman–Crippen MR) is 97.6 cm³/mol. The van der Waals surface area contributed by atoms with Crippen molar-refractivity contribution in [1.29, 1.82) is 0 Å². The summed E-state index contributed by atoms with van der Waals surface area (Å²) in [4.78, 5) is 40.1. The Bertz CT molecular complexity index is 1040. The summed E-state index contributed by atoms with van der Waals surface area (Å²) in [7, 11) is 0. The zero-order valence-corrected chi connectivity index (χ0v) is 14.4. The molecule has 0 bridgehead atoms. The highest BCUT2D eigenvalue weighted by Crippen LogP contribution is 2.18. The van der Waals surface area contributed by atoms with Crippen molar-refractivity contribution < 1.29 is 14.3 Å². The molecule has 1 aromatic carbocycles. The average Bonchev–Trinajstić information content (AvgIpc) is 2.63. The second kappa shape index (κ2) is 7.18. The molecule has 0 fully saturated rings. The van der Waals surface area contributed by atoms with Gasteiger partial charge in [0.1, 0.15) is 11.4 Å². The van der Waals surface area contributed by atoms with Gasteiger partial charge in [-0.2, -0.15) is 0 Å². The van der Waals surface area contributed by atoms with Gasteiger partial charge in [-0.3, -0.25) is 9.59 Å². The Morgan fingerprint density at radius 2 is 1.96 bits per heavy atom. The Morgan fingerprint density at radius 1 is 1.19 bits per heavy atom. The number of nitrogens with zero attached hydrogens (tertiary/aromatic N) is 2. The Kier molecular flexibility index (Phi) is 4.79. The first kappa shape index (κ1) is 17.3. The molecule has 3 aromatic rings. The number of anilines is 1. The van der Waals surface area contributed by atoms with E-state index in [9.17, 15) is 14.4 Å². The molecule has 0 aliphatic rings. The highest BCUT2D eigenvalue weighted by Gasteiger charge is 2.17. The van der Waals surface area contributed by atoms with Crippen LogP contribution < -0.4 is 10.7 Å². The number of benzene rings is 1. The fourth-order valence-corrected chi connectivity index (χ4v) is 2.63. The normalized spacial score (nSPS) is 10.5. The largest absolute Gasteiger partial charge is 0.462 e. The molecule has 0 aliphatic carbocycles. The van der Waals surface area contributed by atoms with E-state index in [-0.39, 0.29) is 23.5 Å². The van der Waals surface area contributed by atoms with E-state index in [1.807, 2.05) is 0 Å². The van der Waals surface area contributed by atoms with E-state index in [1.165, 1.54) is 13.1 Å². The molecular weight excluding hydrogens is 334 g/mol. The van der Waals surface area contributed by atoms with Crippen molar-refractivity contribution in [2.75, 3.05) is 11.9 Å². The summed E-state index contributed by atoms with van der Waals surface area (Å²) >= 11 is 0. The number of carbonyl (C=O) groups excluding carboxylic acids is 2. The summed E-state index contributed by atoms with van der Waals surface area (Å²) < 4.78 is 6.70. The van der Waals surface area contributed by atoms with Crippen LogP contribution in [0.1, 0.15) is 24.2 Å². The second-order valence-corrected chi connectivity index (χ2v) is 5.56. The number of ether oxygens (including phenoxy) is 1. The van der Waals surface area contributed by atoms with Gasteiger partial charge >= 0.3 is 5.97 Å². The summed E-state index contributed by atoms with van der Waals surface area (Å²) in [5.41, 5.74) is 0.857. The van der Waals surface area contributed by atoms with Gasteiger partial charge in [-0.1, -0.05) is 12.1 Å². The van der Waals surface area contributed by atoms with Crippen LogP contribution in [0.3, 0.4) is 0 Å². The lowest BCUT2D eigenvalue weighted by molar-refractivity contribution is -0.114. The van der Waals surface area contributed by atoms with Crippen molar-refractivity contribution in [2.45, 2.75) is 13.8 Å². The van der Waals surface area contributed by atoms with Gasteiger partial charge in [0.2, 0.25) is 11.3 Å². The molecule has 1 N–H and O–H groups in total. The number of rotatable bonds is 4. The fourth-order valence-electron chi connectivity index (χ4n) is 2.63. The van der Waals surface area contributed by atoms with Gasteiger partial charge in [0, 0.05) is 18.5 Å². The molecule has 0 aliphatic heterocycles. The van der Waals surface area contributed by atoms with Gasteiger partial charge in [-0.25, -0.2) is 9.78 Å². The number of aromatic nitrogens is 2. The van der Waals surface area contributed by atoms with E-state index < -0.39 is 5.97 Å². The van der Waals surface area contributed by atoms with Crippen LogP contribution >= 0.6 is 0 Å². The fraction of sp³-hybridized carbons (Fsp3) is 0.158. The van der Waals surface area contributed by atoms with Gasteiger partial charge in [0.25, 0.3) is 0 Å². The van der Waals surface area contributed by atoms with E-state index >= 15 is 0 Å². The van der Waals surface area contributed by atoms with Crippen LogP contribution in [-0.2, 0) is 9.53 Å². The maximum absolute atomic E-state index is 12.6. The number of para-hydroxylation sites is 1. The molecule has 2 aromatic heterocycles. The van der Waals surface area contributed by atoms with Gasteiger partial charge in [0.15, 0.2) is 0 Å². The standard InChI is InChI=1S/C19H17N3O4/c1-3-26-19(25)15-11-22(16-7-5-4-6-14(16)18(15)24)13-8-9-17(20-10-13)21-12(2)23/h4-11H,3H2,1-2H3,(H,20,21,23). The van der Waals surface area contributed by atoms with Gasteiger partial charge < -0.3 is 14.6 Å². The summed E-state index contributed by atoms with van der Waals surface area (Å²) in [5, 5.41) is 3.00. The lowest BCUT2D eigenvalue weighted by atomic mass is 10.1. The minimum Gasteiger partial charge on any atom is -0.462 e. The molecule has 0 saturated carbocycles. The van der Waals surface area contributed by atoms with E-state index in [2.05, 4.69) is 10.3 Å². The highest BCUT2D eigenvalue weighted by molar-refractivity contribution is 5.94. The van der Waals surface area contributed by atoms with E-state index in [4.69, 9.17) is 4.74 Å². The molecule has 2 heterocycles. The van der Waals surface area contributed by atoms with Crippen LogP contribution in [-0.4, -0.2) is 28.0 Å². The molecule has 0 unspecified atom stereocenters. The van der Waals surface area contributed by atoms with Crippen molar-refractivity contribution in [1.82, 2.24) is 9.55 Å². The van der Waals surface area contributed by atoms with Crippen molar-refractivity contribution >= 4 is 28.6 Å². The number of pyridine rings is 2.